The van der Waals surface area contributed by atoms with Crippen LogP contribution in [0, 0.1) is 0 Å². The lowest BCUT2D eigenvalue weighted by atomic mass is 10.1. The topological polar surface area (TPSA) is 113 Å². The van der Waals surface area contributed by atoms with Crippen molar-refractivity contribution in [1.29, 1.82) is 0 Å². The number of nitrogens with zero attached hydrogens (tertiary/aromatic N) is 3. The third kappa shape index (κ3) is 6.86. The first-order valence-electron chi connectivity index (χ1n) is 11.2. The Morgan fingerprint density at radius 2 is 1.97 bits per heavy atom. The number of aliphatic imine (C=N–C) groups is 1. The molecule has 9 nitrogen and oxygen atoms in total. The number of benzene rings is 2. The molecular weight excluding hydrogens is 559 g/mol. The Kier molecular flexibility index (Phi) is 8.11. The summed E-state index contributed by atoms with van der Waals surface area (Å²) in [5.74, 6) is -3.02. The highest BCUT2D eigenvalue weighted by molar-refractivity contribution is 8.18. The molecule has 202 valence electrons. The number of amidine groups is 1. The van der Waals surface area contributed by atoms with Gasteiger partial charge in [-0.25, -0.2) is 14.6 Å². The molecule has 14 heteroatoms. The molecule has 0 saturated carbocycles. The van der Waals surface area contributed by atoms with Crippen molar-refractivity contribution in [1.82, 2.24) is 15.6 Å². The van der Waals surface area contributed by atoms with Crippen molar-refractivity contribution in [3.63, 3.8) is 0 Å². The van der Waals surface area contributed by atoms with Crippen molar-refractivity contribution in [2.75, 3.05) is 5.06 Å². The summed E-state index contributed by atoms with van der Waals surface area (Å²) in [7, 11) is 0. The molecule has 2 N–H and O–H groups in total. The van der Waals surface area contributed by atoms with Gasteiger partial charge in [-0.05, 0) is 73.6 Å². The molecule has 3 aromatic rings. The zero-order valence-electron chi connectivity index (χ0n) is 20.2. The monoisotopic (exact) mass is 577 g/mol. The van der Waals surface area contributed by atoms with E-state index in [1.54, 1.807) is 32.2 Å². The molecule has 0 radical (unpaired) electrons. The second-order valence-corrected chi connectivity index (χ2v) is 9.79. The Labute approximate surface area is 229 Å². The van der Waals surface area contributed by atoms with Gasteiger partial charge in [-0.3, -0.25) is 9.78 Å². The molecule has 1 aromatic heterocycles. The average Bonchev–Trinajstić information content (AvgIpc) is 3.20. The number of carbonyl (C=O) groups is 3. The molecule has 1 fully saturated rings. The van der Waals surface area contributed by atoms with Crippen LogP contribution in [0.5, 0.6) is 0 Å². The van der Waals surface area contributed by atoms with Gasteiger partial charge < -0.3 is 15.5 Å². The molecule has 39 heavy (non-hydrogen) atoms. The van der Waals surface area contributed by atoms with Gasteiger partial charge in [0.05, 0.1) is 26.8 Å². The lowest BCUT2D eigenvalue weighted by Crippen LogP contribution is -2.46. The summed E-state index contributed by atoms with van der Waals surface area (Å²) in [6.45, 7) is 3.14. The first-order chi connectivity index (χ1) is 18.4. The zero-order valence-corrected chi connectivity index (χ0v) is 21.8. The number of pyridine rings is 1. The molecule has 0 spiro atoms. The van der Waals surface area contributed by atoms with Crippen molar-refractivity contribution < 1.29 is 32.4 Å². The van der Waals surface area contributed by atoms with Gasteiger partial charge in [0, 0.05) is 17.6 Å². The molecule has 0 unspecified atom stereocenters. The van der Waals surface area contributed by atoms with Crippen molar-refractivity contribution in [3.05, 3.63) is 70.2 Å². The maximum atomic E-state index is 12.8. The molecule has 1 aliphatic rings. The highest BCUT2D eigenvalue weighted by Gasteiger charge is 2.44. The number of urea groups is 1. The maximum absolute atomic E-state index is 12.8. The second-order valence-electron chi connectivity index (χ2n) is 8.35. The summed E-state index contributed by atoms with van der Waals surface area (Å²) in [4.78, 5) is 49.8. The number of alkyl halides is 3. The minimum atomic E-state index is -5.35. The number of thioether (sulfide) groups is 1. The SMILES string of the molecule is CC(C)NC(=O)N(OC(=O)C(F)(F)F)c1ccc(Cl)c(N=C2NC(=O)C(=Cc3ccc4ncccc4c3)S2)c1. The fraction of sp³-hybridized carbons (Fsp3) is 0.160. The third-order valence-electron chi connectivity index (χ3n) is 4.96. The molecule has 4 rings (SSSR count). The van der Waals surface area contributed by atoms with Crippen LogP contribution in [0.1, 0.15) is 19.4 Å². The first-order valence-corrected chi connectivity index (χ1v) is 12.4. The molecular formula is C25H19ClF3N5O4S. The van der Waals surface area contributed by atoms with Gasteiger partial charge in [0.15, 0.2) is 5.17 Å². The molecule has 2 aromatic carbocycles. The van der Waals surface area contributed by atoms with Crippen LogP contribution in [-0.4, -0.2) is 40.3 Å². The Morgan fingerprint density at radius 3 is 2.69 bits per heavy atom. The molecule has 0 atom stereocenters. The van der Waals surface area contributed by atoms with Crippen LogP contribution in [0.4, 0.5) is 29.3 Å². The molecule has 2 heterocycles. The summed E-state index contributed by atoms with van der Waals surface area (Å²) in [6.07, 6.45) is -2.00. The molecule has 0 aliphatic carbocycles. The summed E-state index contributed by atoms with van der Waals surface area (Å²) in [5.41, 5.74) is 1.30. The number of carbonyl (C=O) groups excluding carboxylic acids is 3. The molecule has 1 aliphatic heterocycles. The van der Waals surface area contributed by atoms with Gasteiger partial charge in [0.25, 0.3) is 5.91 Å². The Balaban J connectivity index is 1.62. The van der Waals surface area contributed by atoms with Crippen LogP contribution in [-0.2, 0) is 14.4 Å². The van der Waals surface area contributed by atoms with E-state index >= 15 is 0 Å². The number of nitrogens with one attached hydrogen (secondary N) is 2. The molecule has 1 saturated heterocycles. The van der Waals surface area contributed by atoms with Gasteiger partial charge >= 0.3 is 18.2 Å². The number of amides is 3. The highest BCUT2D eigenvalue weighted by atomic mass is 35.5. The summed E-state index contributed by atoms with van der Waals surface area (Å²) in [6, 6.07) is 11.2. The van der Waals surface area contributed by atoms with Crippen molar-refractivity contribution in [2.24, 2.45) is 4.99 Å². The Bertz CT molecular complexity index is 1530. The van der Waals surface area contributed by atoms with Gasteiger partial charge in [0.2, 0.25) is 0 Å². The van der Waals surface area contributed by atoms with E-state index < -0.39 is 30.1 Å². The Hall–Kier alpha value is -4.10. The van der Waals surface area contributed by atoms with Gasteiger partial charge in [-0.15, -0.1) is 5.06 Å². The summed E-state index contributed by atoms with van der Waals surface area (Å²) in [5, 5.41) is 6.20. The van der Waals surface area contributed by atoms with E-state index in [4.69, 9.17) is 11.6 Å². The molecule has 3 amide bonds. The highest BCUT2D eigenvalue weighted by Crippen LogP contribution is 2.34. The number of rotatable bonds is 4. The average molecular weight is 578 g/mol. The standard InChI is InChI=1S/C25H19ClF3N5O4S/c1-13(2)31-24(37)34(38-22(36)25(27,28)29)16-6-7-17(26)19(12-16)32-23-33-21(35)20(39-23)11-14-5-8-18-15(10-14)4-3-9-30-18/h3-13H,1-2H3,(H,31,37)(H,32,33,35). The lowest BCUT2D eigenvalue weighted by molar-refractivity contribution is -0.199. The number of hydrogen-bond donors (Lipinski definition) is 2. The first kappa shape index (κ1) is 27.9. The molecule has 0 bridgehead atoms. The smallest absolute Gasteiger partial charge is 0.333 e. The number of hydroxylamine groups is 1. The summed E-state index contributed by atoms with van der Waals surface area (Å²) < 4.78 is 38.5. The van der Waals surface area contributed by atoms with Crippen molar-refractivity contribution >= 4 is 74.8 Å². The van der Waals surface area contributed by atoms with Gasteiger partial charge in [-0.1, -0.05) is 23.7 Å². The van der Waals surface area contributed by atoms with E-state index in [9.17, 15) is 27.6 Å². The van der Waals surface area contributed by atoms with E-state index in [2.05, 4.69) is 25.4 Å². The van der Waals surface area contributed by atoms with Crippen molar-refractivity contribution in [3.8, 4) is 0 Å². The number of fused-ring (bicyclic) bond motifs is 1. The fourth-order valence-electron chi connectivity index (χ4n) is 3.29. The normalized spacial score (nSPS) is 15.6. The van der Waals surface area contributed by atoms with Crippen LogP contribution in [0.25, 0.3) is 17.0 Å². The number of aromatic nitrogens is 1. The largest absolute Gasteiger partial charge is 0.493 e. The van der Waals surface area contributed by atoms with Crippen LogP contribution >= 0.6 is 23.4 Å². The zero-order chi connectivity index (χ0) is 28.3. The quantitative estimate of drug-likeness (QED) is 0.303. The second kappa shape index (κ2) is 11.3. The predicted molar refractivity (Wildman–Crippen MR) is 142 cm³/mol. The van der Waals surface area contributed by atoms with E-state index in [1.165, 1.54) is 12.1 Å². The number of hydrogen-bond acceptors (Lipinski definition) is 7. The fourth-order valence-corrected chi connectivity index (χ4v) is 4.28. The minimum Gasteiger partial charge on any atom is -0.333 e. The third-order valence-corrected chi connectivity index (χ3v) is 6.19. The van der Waals surface area contributed by atoms with Gasteiger partial charge in [0.1, 0.15) is 0 Å². The Morgan fingerprint density at radius 1 is 1.21 bits per heavy atom. The van der Waals surface area contributed by atoms with E-state index in [0.717, 1.165) is 34.3 Å². The maximum Gasteiger partial charge on any atom is 0.493 e. The summed E-state index contributed by atoms with van der Waals surface area (Å²) >= 11 is 7.24. The van der Waals surface area contributed by atoms with Crippen LogP contribution < -0.4 is 15.7 Å². The van der Waals surface area contributed by atoms with Crippen molar-refractivity contribution in [2.45, 2.75) is 26.1 Å². The van der Waals surface area contributed by atoms with E-state index in [-0.39, 0.29) is 26.6 Å². The number of anilines is 1. The van der Waals surface area contributed by atoms with Gasteiger partial charge in [-0.2, -0.15) is 13.2 Å². The van der Waals surface area contributed by atoms with Crippen LogP contribution in [0.15, 0.2) is 64.6 Å². The lowest BCUT2D eigenvalue weighted by Gasteiger charge is -2.23. The predicted octanol–water partition coefficient (Wildman–Crippen LogP) is 5.72. The van der Waals surface area contributed by atoms with Crippen LogP contribution in [0.3, 0.4) is 0 Å². The van der Waals surface area contributed by atoms with Crippen LogP contribution in [0.2, 0.25) is 5.02 Å². The minimum absolute atomic E-state index is 0.000371. The van der Waals surface area contributed by atoms with E-state index in [0.29, 0.717) is 4.91 Å². The van der Waals surface area contributed by atoms with E-state index in [1.807, 2.05) is 24.3 Å². The number of halogens is 4.